The van der Waals surface area contributed by atoms with Gasteiger partial charge in [-0.15, -0.1) is 0 Å². The van der Waals surface area contributed by atoms with Gasteiger partial charge in [-0.2, -0.15) is 0 Å². The summed E-state index contributed by atoms with van der Waals surface area (Å²) in [6.07, 6.45) is 0. The fourth-order valence-corrected chi connectivity index (χ4v) is 2.64. The fraction of sp³-hybridized carbons (Fsp3) is 0.0667. The number of aryl methyl sites for hydroxylation is 1. The van der Waals surface area contributed by atoms with E-state index in [2.05, 4.69) is 5.32 Å². The number of aromatic carboxylic acids is 1. The summed E-state index contributed by atoms with van der Waals surface area (Å²) in [4.78, 5) is 23.5. The monoisotopic (exact) mass is 399 g/mol. The van der Waals surface area contributed by atoms with Crippen LogP contribution in [0.3, 0.4) is 0 Å². The first-order valence-electron chi connectivity index (χ1n) is 5.99. The van der Waals surface area contributed by atoms with E-state index in [4.69, 9.17) is 0 Å². The lowest BCUT2D eigenvalue weighted by Crippen LogP contribution is -2.16. The molecule has 0 fully saturated rings. The molecule has 2 N–H and O–H groups in total. The van der Waals surface area contributed by atoms with E-state index in [0.29, 0.717) is 9.13 Å². The van der Waals surface area contributed by atoms with Crippen LogP contribution in [0.25, 0.3) is 0 Å². The smallest absolute Gasteiger partial charge is 0.338 e. The molecule has 0 radical (unpaired) electrons. The van der Waals surface area contributed by atoms with Crippen LogP contribution >= 0.6 is 22.6 Å². The van der Waals surface area contributed by atoms with Crippen LogP contribution < -0.4 is 5.32 Å². The number of carbonyl (C=O) groups is 2. The maximum absolute atomic E-state index is 13.0. The van der Waals surface area contributed by atoms with Crippen molar-refractivity contribution in [3.63, 3.8) is 0 Å². The van der Waals surface area contributed by atoms with Crippen LogP contribution in [-0.4, -0.2) is 17.0 Å². The molecule has 4 nitrogen and oxygen atoms in total. The van der Waals surface area contributed by atoms with Gasteiger partial charge in [-0.1, -0.05) is 12.1 Å². The average molecular weight is 399 g/mol. The number of hydrogen-bond donors (Lipinski definition) is 2. The van der Waals surface area contributed by atoms with Gasteiger partial charge in [0.2, 0.25) is 0 Å². The first-order valence-corrected chi connectivity index (χ1v) is 7.07. The number of carboxylic acid groups (broad SMARTS) is 1. The summed E-state index contributed by atoms with van der Waals surface area (Å²) in [6.45, 7) is 1.65. The van der Waals surface area contributed by atoms with E-state index < -0.39 is 17.7 Å². The fourth-order valence-electron chi connectivity index (χ4n) is 1.92. The summed E-state index contributed by atoms with van der Waals surface area (Å²) in [5.74, 6) is -2.03. The predicted molar refractivity (Wildman–Crippen MR) is 85.2 cm³/mol. The van der Waals surface area contributed by atoms with Gasteiger partial charge in [0.15, 0.2) is 0 Å². The molecule has 0 spiro atoms. The molecular weight excluding hydrogens is 388 g/mol. The van der Waals surface area contributed by atoms with Crippen molar-refractivity contribution in [2.45, 2.75) is 6.92 Å². The molecule has 0 aromatic heterocycles. The minimum Gasteiger partial charge on any atom is -0.478 e. The van der Waals surface area contributed by atoms with Crippen molar-refractivity contribution < 1.29 is 19.1 Å². The van der Waals surface area contributed by atoms with E-state index in [1.165, 1.54) is 24.3 Å². The summed E-state index contributed by atoms with van der Waals surface area (Å²) in [7, 11) is 0. The first kappa shape index (κ1) is 15.4. The minimum atomic E-state index is -1.11. The molecule has 108 valence electrons. The van der Waals surface area contributed by atoms with Crippen molar-refractivity contribution in [1.29, 1.82) is 0 Å². The summed E-state index contributed by atoms with van der Waals surface area (Å²) in [5, 5.41) is 11.8. The summed E-state index contributed by atoms with van der Waals surface area (Å²) in [6, 6.07) is 8.62. The van der Waals surface area contributed by atoms with Gasteiger partial charge < -0.3 is 10.4 Å². The van der Waals surface area contributed by atoms with E-state index in [-0.39, 0.29) is 16.8 Å². The Kier molecular flexibility index (Phi) is 4.56. The normalized spacial score (nSPS) is 10.2. The number of rotatable bonds is 3. The Labute approximate surface area is 134 Å². The zero-order valence-electron chi connectivity index (χ0n) is 11.0. The maximum Gasteiger partial charge on any atom is 0.338 e. The highest BCUT2D eigenvalue weighted by atomic mass is 127. The lowest BCUT2D eigenvalue weighted by Gasteiger charge is -2.11. The van der Waals surface area contributed by atoms with Crippen molar-refractivity contribution in [3.05, 3.63) is 62.5 Å². The number of carboxylic acids is 1. The van der Waals surface area contributed by atoms with E-state index in [9.17, 15) is 19.1 Å². The van der Waals surface area contributed by atoms with Crippen LogP contribution in [0, 0.1) is 16.3 Å². The Morgan fingerprint density at radius 2 is 1.95 bits per heavy atom. The number of halogens is 2. The lowest BCUT2D eigenvalue weighted by molar-refractivity contribution is 0.0697. The molecule has 2 aromatic rings. The first-order chi connectivity index (χ1) is 9.90. The molecule has 0 unspecified atom stereocenters. The molecule has 21 heavy (non-hydrogen) atoms. The number of amides is 1. The Morgan fingerprint density at radius 1 is 1.24 bits per heavy atom. The number of benzene rings is 2. The van der Waals surface area contributed by atoms with Gasteiger partial charge in [0.05, 0.1) is 16.8 Å². The van der Waals surface area contributed by atoms with E-state index >= 15 is 0 Å². The van der Waals surface area contributed by atoms with Gasteiger partial charge in [-0.25, -0.2) is 9.18 Å². The second-order valence-electron chi connectivity index (χ2n) is 4.38. The van der Waals surface area contributed by atoms with Crippen LogP contribution in [0.4, 0.5) is 10.1 Å². The standard InChI is InChI=1S/C15H11FINO3/c1-8-3-2-4-12(13(8)15(20)21)18-14(19)10-6-5-9(16)7-11(10)17/h2-7H,1H3,(H,18,19)(H,20,21). The SMILES string of the molecule is Cc1cccc(NC(=O)c2ccc(F)cc2I)c1C(=O)O. The van der Waals surface area contributed by atoms with E-state index in [0.717, 1.165) is 0 Å². The lowest BCUT2D eigenvalue weighted by atomic mass is 10.1. The molecule has 0 aliphatic heterocycles. The quantitative estimate of drug-likeness (QED) is 0.774. The number of nitrogens with one attached hydrogen (secondary N) is 1. The second kappa shape index (κ2) is 6.21. The van der Waals surface area contributed by atoms with Crippen LogP contribution in [0.15, 0.2) is 36.4 Å². The highest BCUT2D eigenvalue weighted by Gasteiger charge is 2.17. The third-order valence-corrected chi connectivity index (χ3v) is 3.80. The van der Waals surface area contributed by atoms with Crippen LogP contribution in [0.1, 0.15) is 26.3 Å². The van der Waals surface area contributed by atoms with Crippen molar-refractivity contribution in [3.8, 4) is 0 Å². The van der Waals surface area contributed by atoms with Crippen molar-refractivity contribution in [2.24, 2.45) is 0 Å². The molecule has 0 saturated heterocycles. The van der Waals surface area contributed by atoms with E-state index in [1.54, 1.807) is 19.1 Å². The molecule has 0 aliphatic carbocycles. The molecule has 1 amide bonds. The molecule has 2 aromatic carbocycles. The predicted octanol–water partition coefficient (Wildman–Crippen LogP) is 3.69. The average Bonchev–Trinajstić information content (AvgIpc) is 2.37. The number of carbonyl (C=O) groups excluding carboxylic acids is 1. The zero-order chi connectivity index (χ0) is 15.6. The van der Waals surface area contributed by atoms with Crippen LogP contribution in [0.2, 0.25) is 0 Å². The molecule has 0 heterocycles. The Balaban J connectivity index is 2.36. The van der Waals surface area contributed by atoms with Crippen molar-refractivity contribution >= 4 is 40.2 Å². The maximum atomic E-state index is 13.0. The Bertz CT molecular complexity index is 731. The Hall–Kier alpha value is -1.96. The second-order valence-corrected chi connectivity index (χ2v) is 5.54. The Morgan fingerprint density at radius 3 is 2.57 bits per heavy atom. The summed E-state index contributed by atoms with van der Waals surface area (Å²) >= 11 is 1.86. The molecule has 0 atom stereocenters. The van der Waals surface area contributed by atoms with Crippen molar-refractivity contribution in [1.82, 2.24) is 0 Å². The molecule has 0 bridgehead atoms. The number of anilines is 1. The van der Waals surface area contributed by atoms with Gasteiger partial charge in [0.1, 0.15) is 5.82 Å². The zero-order valence-corrected chi connectivity index (χ0v) is 13.1. The third-order valence-electron chi connectivity index (χ3n) is 2.91. The number of hydrogen-bond acceptors (Lipinski definition) is 2. The summed E-state index contributed by atoms with van der Waals surface area (Å²) < 4.78 is 13.5. The van der Waals surface area contributed by atoms with Gasteiger partial charge in [0.25, 0.3) is 5.91 Å². The van der Waals surface area contributed by atoms with E-state index in [1.807, 2.05) is 22.6 Å². The highest BCUT2D eigenvalue weighted by molar-refractivity contribution is 14.1. The molecule has 6 heteroatoms. The van der Waals surface area contributed by atoms with Gasteiger partial charge in [-0.3, -0.25) is 4.79 Å². The van der Waals surface area contributed by atoms with Crippen LogP contribution in [-0.2, 0) is 0 Å². The van der Waals surface area contributed by atoms with Crippen LogP contribution in [0.5, 0.6) is 0 Å². The van der Waals surface area contributed by atoms with Crippen molar-refractivity contribution in [2.75, 3.05) is 5.32 Å². The molecule has 0 aliphatic rings. The topological polar surface area (TPSA) is 66.4 Å². The largest absolute Gasteiger partial charge is 0.478 e. The highest BCUT2D eigenvalue weighted by Crippen LogP contribution is 2.21. The van der Waals surface area contributed by atoms with Gasteiger partial charge in [-0.05, 0) is 59.3 Å². The summed E-state index contributed by atoms with van der Waals surface area (Å²) in [5.41, 5.74) is 1.10. The molecule has 2 rings (SSSR count). The minimum absolute atomic E-state index is 0.0444. The van der Waals surface area contributed by atoms with Gasteiger partial charge in [0, 0.05) is 3.57 Å². The molecule has 0 saturated carbocycles. The van der Waals surface area contributed by atoms with Gasteiger partial charge >= 0.3 is 5.97 Å². The molecular formula is C15H11FINO3. The third kappa shape index (κ3) is 3.38.